The number of nitrogens with one attached hydrogen (secondary N) is 1. The summed E-state index contributed by atoms with van der Waals surface area (Å²) in [6.45, 7) is 2.83. The first kappa shape index (κ1) is 23.1. The predicted molar refractivity (Wildman–Crippen MR) is 121 cm³/mol. The molecule has 172 valence electrons. The third-order valence-corrected chi connectivity index (χ3v) is 7.84. The van der Waals surface area contributed by atoms with Gasteiger partial charge < -0.3 is 9.64 Å². The van der Waals surface area contributed by atoms with Gasteiger partial charge in [-0.2, -0.15) is 17.4 Å². The fourth-order valence-electron chi connectivity index (χ4n) is 4.12. The number of hydrogen-bond donors (Lipinski definition) is 1. The molecule has 2 saturated heterocycles. The Morgan fingerprint density at radius 3 is 2.69 bits per heavy atom. The van der Waals surface area contributed by atoms with E-state index in [1.165, 1.54) is 25.2 Å². The molecule has 32 heavy (non-hydrogen) atoms. The molecule has 0 bridgehead atoms. The van der Waals surface area contributed by atoms with Gasteiger partial charge in [0.15, 0.2) is 5.78 Å². The second-order valence-corrected chi connectivity index (χ2v) is 10.2. The number of morpholine rings is 1. The van der Waals surface area contributed by atoms with Crippen molar-refractivity contribution in [2.45, 2.75) is 24.9 Å². The van der Waals surface area contributed by atoms with E-state index >= 15 is 0 Å². The van der Waals surface area contributed by atoms with E-state index in [4.69, 9.17) is 16.3 Å². The third-order valence-electron chi connectivity index (χ3n) is 5.95. The molecule has 0 aromatic heterocycles. The summed E-state index contributed by atoms with van der Waals surface area (Å²) in [5.74, 6) is -0.834. The summed E-state index contributed by atoms with van der Waals surface area (Å²) >= 11 is 5.82. The summed E-state index contributed by atoms with van der Waals surface area (Å²) in [6, 6.07) is 10.4. The van der Waals surface area contributed by atoms with Crippen molar-refractivity contribution < 1.29 is 22.3 Å². The Hall–Kier alpha value is -2.04. The van der Waals surface area contributed by atoms with Gasteiger partial charge in [0.1, 0.15) is 5.82 Å². The maximum Gasteiger partial charge on any atom is 0.280 e. The summed E-state index contributed by atoms with van der Waals surface area (Å²) in [4.78, 5) is 15.3. The molecular weight excluding hydrogens is 457 g/mol. The van der Waals surface area contributed by atoms with Crippen molar-refractivity contribution >= 4 is 33.3 Å². The largest absolute Gasteiger partial charge is 0.378 e. The zero-order valence-electron chi connectivity index (χ0n) is 17.6. The minimum Gasteiger partial charge on any atom is -0.378 e. The number of hydrogen-bond acceptors (Lipinski definition) is 5. The van der Waals surface area contributed by atoms with Gasteiger partial charge in [-0.05, 0) is 41.8 Å². The first-order valence-corrected chi connectivity index (χ1v) is 12.2. The summed E-state index contributed by atoms with van der Waals surface area (Å²) in [5.41, 5.74) is 2.33. The molecule has 10 heteroatoms. The summed E-state index contributed by atoms with van der Waals surface area (Å²) in [5, 5.41) is -0.0700. The number of ether oxygens (including phenoxy) is 1. The molecule has 2 aromatic rings. The molecule has 4 rings (SSSR count). The molecule has 2 aromatic carbocycles. The Balaban J connectivity index is 1.56. The molecule has 0 amide bonds. The monoisotopic (exact) mass is 481 g/mol. The molecule has 0 radical (unpaired) electrons. The highest BCUT2D eigenvalue weighted by Gasteiger charge is 2.40. The van der Waals surface area contributed by atoms with Crippen LogP contribution in [0.3, 0.4) is 0 Å². The van der Waals surface area contributed by atoms with Crippen LogP contribution in [-0.2, 0) is 26.2 Å². The van der Waals surface area contributed by atoms with Crippen LogP contribution >= 0.6 is 11.6 Å². The van der Waals surface area contributed by atoms with Crippen LogP contribution < -0.4 is 9.62 Å². The number of anilines is 1. The van der Waals surface area contributed by atoms with Gasteiger partial charge in [0.2, 0.25) is 0 Å². The lowest BCUT2D eigenvalue weighted by Crippen LogP contribution is -2.55. The molecule has 2 atom stereocenters. The molecule has 1 N–H and O–H groups in total. The van der Waals surface area contributed by atoms with E-state index in [0.717, 1.165) is 28.6 Å². The van der Waals surface area contributed by atoms with Gasteiger partial charge in [0.05, 0.1) is 24.3 Å². The van der Waals surface area contributed by atoms with Crippen LogP contribution in [0.15, 0.2) is 42.5 Å². The van der Waals surface area contributed by atoms with Gasteiger partial charge in [-0.1, -0.05) is 29.8 Å². The summed E-state index contributed by atoms with van der Waals surface area (Å²) in [6.07, 6.45) is 0.251. The van der Waals surface area contributed by atoms with Crippen LogP contribution in [0.1, 0.15) is 23.6 Å². The van der Waals surface area contributed by atoms with Gasteiger partial charge >= 0.3 is 0 Å². The minimum atomic E-state index is -3.86. The topological polar surface area (TPSA) is 79.0 Å². The van der Waals surface area contributed by atoms with Gasteiger partial charge in [-0.25, -0.2) is 4.39 Å². The van der Waals surface area contributed by atoms with E-state index in [1.807, 2.05) is 24.3 Å². The van der Waals surface area contributed by atoms with E-state index in [9.17, 15) is 17.6 Å². The highest BCUT2D eigenvalue weighted by atomic mass is 35.5. The molecule has 2 aliphatic heterocycles. The molecular formula is C22H25ClFN3O4S. The van der Waals surface area contributed by atoms with Gasteiger partial charge in [0, 0.05) is 38.3 Å². The number of nitrogens with zero attached hydrogens (tertiary/aromatic N) is 2. The Bertz CT molecular complexity index is 1110. The van der Waals surface area contributed by atoms with Crippen molar-refractivity contribution in [3.8, 4) is 0 Å². The Labute approximate surface area is 192 Å². The zero-order chi connectivity index (χ0) is 22.9. The standard InChI is InChI=1S/C22H25ClFN3O4S/c1-26-21(22(28)12-15-5-6-19(24)18(23)11-15)14-20(25-32(26,29)30)16-3-2-4-17(13-16)27-7-9-31-10-8-27/h2-6,11,13,20-21,25H,7-10,12,14H2,1H3/t20-,21+/m0/s1. The second-order valence-electron chi connectivity index (χ2n) is 8.03. The zero-order valence-corrected chi connectivity index (χ0v) is 19.2. The van der Waals surface area contributed by atoms with Crippen molar-refractivity contribution in [1.29, 1.82) is 0 Å². The number of halogens is 2. The molecule has 0 saturated carbocycles. The third kappa shape index (κ3) is 4.97. The van der Waals surface area contributed by atoms with E-state index in [-0.39, 0.29) is 23.6 Å². The van der Waals surface area contributed by atoms with Crippen LogP contribution in [0.2, 0.25) is 5.02 Å². The maximum absolute atomic E-state index is 13.4. The van der Waals surface area contributed by atoms with E-state index in [0.29, 0.717) is 18.8 Å². The molecule has 2 aliphatic rings. The number of Topliss-reactive ketones (excluding diaryl/α,β-unsaturated/α-hetero) is 1. The molecule has 2 fully saturated rings. The van der Waals surface area contributed by atoms with Crippen molar-refractivity contribution in [3.63, 3.8) is 0 Å². The molecule has 2 heterocycles. The number of carbonyl (C=O) groups excluding carboxylic acids is 1. The number of likely N-dealkylation sites (N-methyl/N-ethyl adjacent to an activating group) is 1. The van der Waals surface area contributed by atoms with Crippen LogP contribution in [0.25, 0.3) is 0 Å². The first-order valence-electron chi connectivity index (χ1n) is 10.4. The lowest BCUT2D eigenvalue weighted by atomic mass is 9.94. The van der Waals surface area contributed by atoms with Crippen molar-refractivity contribution in [1.82, 2.24) is 9.03 Å². The van der Waals surface area contributed by atoms with E-state index < -0.39 is 28.1 Å². The normalized spacial score (nSPS) is 23.8. The fourth-order valence-corrected chi connectivity index (χ4v) is 5.62. The van der Waals surface area contributed by atoms with Crippen LogP contribution in [0, 0.1) is 5.82 Å². The maximum atomic E-state index is 13.4. The van der Waals surface area contributed by atoms with Crippen LogP contribution in [-0.4, -0.2) is 57.9 Å². The second kappa shape index (κ2) is 9.44. The van der Waals surface area contributed by atoms with Crippen molar-refractivity contribution in [3.05, 3.63) is 64.4 Å². The van der Waals surface area contributed by atoms with Gasteiger partial charge in [-0.15, -0.1) is 0 Å². The van der Waals surface area contributed by atoms with Gasteiger partial charge in [-0.3, -0.25) is 4.79 Å². The minimum absolute atomic E-state index is 0.0366. The number of rotatable bonds is 5. The smallest absolute Gasteiger partial charge is 0.280 e. The molecule has 7 nitrogen and oxygen atoms in total. The first-order chi connectivity index (χ1) is 15.2. The SMILES string of the molecule is CN1[C@@H](C(=O)Cc2ccc(F)c(Cl)c2)C[C@@H](c2cccc(N3CCOCC3)c2)NS1(=O)=O. The number of ketones is 1. The van der Waals surface area contributed by atoms with Crippen LogP contribution in [0.5, 0.6) is 0 Å². The quantitative estimate of drug-likeness (QED) is 0.710. The lowest BCUT2D eigenvalue weighted by Gasteiger charge is -2.37. The van der Waals surface area contributed by atoms with Crippen molar-refractivity contribution in [2.75, 3.05) is 38.3 Å². The average Bonchev–Trinajstić information content (AvgIpc) is 2.78. The van der Waals surface area contributed by atoms with E-state index in [1.54, 1.807) is 0 Å². The number of carbonyl (C=O) groups is 1. The van der Waals surface area contributed by atoms with E-state index in [2.05, 4.69) is 9.62 Å². The highest BCUT2D eigenvalue weighted by molar-refractivity contribution is 7.87. The van der Waals surface area contributed by atoms with Crippen molar-refractivity contribution in [2.24, 2.45) is 0 Å². The average molecular weight is 482 g/mol. The Morgan fingerprint density at radius 1 is 1.22 bits per heavy atom. The fraction of sp³-hybridized carbons (Fsp3) is 0.409. The van der Waals surface area contributed by atoms with Gasteiger partial charge in [0.25, 0.3) is 10.2 Å². The molecule has 0 spiro atoms. The lowest BCUT2D eigenvalue weighted by molar-refractivity contribution is -0.122. The Morgan fingerprint density at radius 2 is 1.97 bits per heavy atom. The summed E-state index contributed by atoms with van der Waals surface area (Å²) < 4.78 is 48.2. The predicted octanol–water partition coefficient (Wildman–Crippen LogP) is 2.71. The van der Waals surface area contributed by atoms with Crippen LogP contribution in [0.4, 0.5) is 10.1 Å². The molecule has 0 unspecified atom stereocenters. The number of benzene rings is 2. The summed E-state index contributed by atoms with van der Waals surface area (Å²) in [7, 11) is -2.46. The Kier molecular flexibility index (Phi) is 6.83. The highest BCUT2D eigenvalue weighted by Crippen LogP contribution is 2.31. The molecule has 0 aliphatic carbocycles.